The molecule has 0 amide bonds. The van der Waals surface area contributed by atoms with Crippen molar-refractivity contribution in [2.45, 2.75) is 18.7 Å². The van der Waals surface area contributed by atoms with E-state index in [1.54, 1.807) is 0 Å². The molecule has 1 aliphatic rings. The van der Waals surface area contributed by atoms with E-state index < -0.39 is 21.2 Å². The molecule has 96 valence electrons. The Bertz CT molecular complexity index is 668. The Morgan fingerprint density at radius 1 is 1.28 bits per heavy atom. The summed E-state index contributed by atoms with van der Waals surface area (Å²) in [5.41, 5.74) is -0.908. The van der Waals surface area contributed by atoms with Crippen molar-refractivity contribution in [2.75, 3.05) is 0 Å². The molecule has 0 bridgehead atoms. The van der Waals surface area contributed by atoms with Crippen molar-refractivity contribution in [1.82, 2.24) is 0 Å². The number of benzene rings is 1. The van der Waals surface area contributed by atoms with Gasteiger partial charge in [0, 0.05) is 11.0 Å². The molecule has 18 heavy (non-hydrogen) atoms. The van der Waals surface area contributed by atoms with Gasteiger partial charge in [-0.15, -0.1) is 0 Å². The van der Waals surface area contributed by atoms with Gasteiger partial charge >= 0.3 is 5.97 Å². The van der Waals surface area contributed by atoms with Gasteiger partial charge in [-0.1, -0.05) is 0 Å². The number of rotatable bonds is 2. The lowest BCUT2D eigenvalue weighted by molar-refractivity contribution is -0.143. The summed E-state index contributed by atoms with van der Waals surface area (Å²) in [6.45, 7) is 2.85. The first-order valence-corrected chi connectivity index (χ1v) is 6.75. The fourth-order valence-electron chi connectivity index (χ4n) is 1.86. The second-order valence-corrected chi connectivity index (χ2v) is 6.45. The molecule has 1 aromatic carbocycles. The second kappa shape index (κ2) is 3.58. The summed E-state index contributed by atoms with van der Waals surface area (Å²) < 4.78 is 23.8. The monoisotopic (exact) mass is 268 g/mol. The van der Waals surface area contributed by atoms with E-state index >= 15 is 0 Å². The maximum atomic E-state index is 11.9. The minimum absolute atomic E-state index is 0.0321. The highest BCUT2D eigenvalue weighted by Gasteiger charge is 2.40. The lowest BCUT2D eigenvalue weighted by Gasteiger charge is -2.21. The molecule has 1 heterocycles. The van der Waals surface area contributed by atoms with Crippen molar-refractivity contribution >= 4 is 21.4 Å². The number of hydrogen-bond acceptors (Lipinski definition) is 4. The molecule has 1 aliphatic heterocycles. The van der Waals surface area contributed by atoms with E-state index in [-0.39, 0.29) is 21.8 Å². The summed E-state index contributed by atoms with van der Waals surface area (Å²) in [5.74, 6) is -1.22. The van der Waals surface area contributed by atoms with Crippen LogP contribution in [-0.4, -0.2) is 24.6 Å². The highest BCUT2D eigenvalue weighted by atomic mass is 32.2. The van der Waals surface area contributed by atoms with Gasteiger partial charge in [-0.3, -0.25) is 4.79 Å². The zero-order valence-electron chi connectivity index (χ0n) is 9.84. The van der Waals surface area contributed by atoms with Crippen molar-refractivity contribution in [2.24, 2.45) is 5.41 Å². The lowest BCUT2D eigenvalue weighted by atomic mass is 9.81. The summed E-state index contributed by atoms with van der Waals surface area (Å²) in [7, 11) is -3.62. The number of fused-ring (bicyclic) bond motifs is 1. The summed E-state index contributed by atoms with van der Waals surface area (Å²) in [6.07, 6.45) is 0. The molecule has 0 atom stereocenters. The number of carboxylic acid groups (broad SMARTS) is 1. The molecule has 0 spiro atoms. The van der Waals surface area contributed by atoms with Crippen LogP contribution < -0.4 is 0 Å². The van der Waals surface area contributed by atoms with Crippen LogP contribution in [-0.2, 0) is 14.6 Å². The van der Waals surface area contributed by atoms with Gasteiger partial charge in [0.2, 0.25) is 9.84 Å². The topological polar surface area (TPSA) is 91.7 Å². The highest BCUT2D eigenvalue weighted by molar-refractivity contribution is 7.95. The Labute approximate surface area is 104 Å². The predicted octanol–water partition coefficient (Wildman–Crippen LogP) is 1.63. The largest absolute Gasteiger partial charge is 0.508 e. The summed E-state index contributed by atoms with van der Waals surface area (Å²) in [5, 5.41) is 19.6. The molecular formula is C12H12O5S. The third-order valence-electron chi connectivity index (χ3n) is 3.04. The quantitative estimate of drug-likeness (QED) is 0.850. The maximum absolute atomic E-state index is 11.9. The van der Waals surface area contributed by atoms with Gasteiger partial charge in [0.15, 0.2) is 0 Å². The number of sulfone groups is 1. The normalized spacial score (nSPS) is 17.1. The van der Waals surface area contributed by atoms with Crippen LogP contribution in [0.2, 0.25) is 0 Å². The van der Waals surface area contributed by atoms with Crippen molar-refractivity contribution in [3.05, 3.63) is 29.2 Å². The van der Waals surface area contributed by atoms with Gasteiger partial charge in [-0.2, -0.15) is 0 Å². The van der Waals surface area contributed by atoms with Gasteiger partial charge in [-0.25, -0.2) is 8.42 Å². The van der Waals surface area contributed by atoms with Gasteiger partial charge in [0.25, 0.3) is 0 Å². The van der Waals surface area contributed by atoms with Crippen LogP contribution in [0.4, 0.5) is 0 Å². The van der Waals surface area contributed by atoms with Crippen LogP contribution in [0.15, 0.2) is 28.5 Å². The van der Waals surface area contributed by atoms with Gasteiger partial charge in [-0.05, 0) is 37.6 Å². The van der Waals surface area contributed by atoms with Crippen LogP contribution in [0.25, 0.3) is 5.57 Å². The zero-order valence-corrected chi connectivity index (χ0v) is 10.7. The van der Waals surface area contributed by atoms with Crippen LogP contribution >= 0.6 is 0 Å². The van der Waals surface area contributed by atoms with Gasteiger partial charge in [0.05, 0.1) is 10.3 Å². The Balaban J connectivity index is 2.75. The number of phenols is 1. The summed E-state index contributed by atoms with van der Waals surface area (Å²) in [6, 6.07) is 3.82. The van der Waals surface area contributed by atoms with E-state index in [1.165, 1.54) is 32.0 Å². The number of aromatic hydroxyl groups is 1. The molecule has 0 radical (unpaired) electrons. The van der Waals surface area contributed by atoms with E-state index in [0.717, 1.165) is 5.41 Å². The average Bonchev–Trinajstić information content (AvgIpc) is 2.50. The molecule has 1 aromatic rings. The molecule has 0 aliphatic carbocycles. The Morgan fingerprint density at radius 2 is 1.89 bits per heavy atom. The summed E-state index contributed by atoms with van der Waals surface area (Å²) >= 11 is 0. The third kappa shape index (κ3) is 1.69. The molecule has 0 unspecified atom stereocenters. The number of hydrogen-bond donors (Lipinski definition) is 2. The molecule has 0 saturated carbocycles. The second-order valence-electron chi connectivity index (χ2n) is 4.69. The molecule has 0 fully saturated rings. The van der Waals surface area contributed by atoms with E-state index in [1.807, 2.05) is 0 Å². The Kier molecular flexibility index (Phi) is 2.52. The number of phenolic OH excluding ortho intramolecular Hbond substituents is 1. The maximum Gasteiger partial charge on any atom is 0.313 e. The number of aliphatic carboxylic acids is 1. The number of carbonyl (C=O) groups is 1. The van der Waals surface area contributed by atoms with Gasteiger partial charge < -0.3 is 10.2 Å². The minimum atomic E-state index is -3.62. The van der Waals surface area contributed by atoms with Crippen molar-refractivity contribution in [3.63, 3.8) is 0 Å². The van der Waals surface area contributed by atoms with E-state index in [2.05, 4.69) is 0 Å². The lowest BCUT2D eigenvalue weighted by Crippen LogP contribution is -2.24. The zero-order chi connectivity index (χ0) is 13.7. The smallest absolute Gasteiger partial charge is 0.313 e. The van der Waals surface area contributed by atoms with Crippen molar-refractivity contribution in [3.8, 4) is 5.75 Å². The first-order valence-electron chi connectivity index (χ1n) is 5.20. The minimum Gasteiger partial charge on any atom is -0.508 e. The van der Waals surface area contributed by atoms with Crippen LogP contribution in [0.3, 0.4) is 0 Å². The summed E-state index contributed by atoms with van der Waals surface area (Å²) in [4.78, 5) is 11.2. The average molecular weight is 268 g/mol. The third-order valence-corrected chi connectivity index (χ3v) is 4.56. The Hall–Kier alpha value is -1.82. The SMILES string of the molecule is CC(C)(C(=O)O)C1=CS(=O)(=O)c2ccc(O)cc21. The molecular weight excluding hydrogens is 256 g/mol. The standard InChI is InChI=1S/C12H12O5S/c1-12(2,11(14)15)9-6-18(16,17)10-4-3-7(13)5-8(9)10/h3-6,13H,1-2H3,(H,14,15). The van der Waals surface area contributed by atoms with Gasteiger partial charge in [0.1, 0.15) is 5.75 Å². The first-order chi connectivity index (χ1) is 8.16. The van der Waals surface area contributed by atoms with Crippen LogP contribution in [0, 0.1) is 5.41 Å². The molecule has 6 heteroatoms. The number of carboxylic acids is 1. The van der Waals surface area contributed by atoms with E-state index in [4.69, 9.17) is 5.11 Å². The molecule has 0 aromatic heterocycles. The Morgan fingerprint density at radius 3 is 2.44 bits per heavy atom. The molecule has 2 rings (SSSR count). The first kappa shape index (κ1) is 12.6. The van der Waals surface area contributed by atoms with Crippen molar-refractivity contribution < 1.29 is 23.4 Å². The van der Waals surface area contributed by atoms with E-state index in [0.29, 0.717) is 0 Å². The fraction of sp³-hybridized carbons (Fsp3) is 0.250. The van der Waals surface area contributed by atoms with E-state index in [9.17, 15) is 18.3 Å². The highest BCUT2D eigenvalue weighted by Crippen LogP contribution is 2.44. The fourth-order valence-corrected chi connectivity index (χ4v) is 3.45. The van der Waals surface area contributed by atoms with Crippen LogP contribution in [0.5, 0.6) is 5.75 Å². The molecule has 0 saturated heterocycles. The molecule has 5 nitrogen and oxygen atoms in total. The van der Waals surface area contributed by atoms with Crippen molar-refractivity contribution in [1.29, 1.82) is 0 Å². The predicted molar refractivity (Wildman–Crippen MR) is 64.7 cm³/mol. The molecule has 2 N–H and O–H groups in total. The van der Waals surface area contributed by atoms with Crippen LogP contribution in [0.1, 0.15) is 19.4 Å².